The van der Waals surface area contributed by atoms with Crippen LogP contribution in [0.5, 0.6) is 0 Å². The Morgan fingerprint density at radius 2 is 1.87 bits per heavy atom. The van der Waals surface area contributed by atoms with Gasteiger partial charge in [-0.3, -0.25) is 14.9 Å². The molecule has 0 aromatic carbocycles. The molecular weight excluding hydrogens is 194 g/mol. The number of rotatable bonds is 5. The van der Waals surface area contributed by atoms with Gasteiger partial charge in [0, 0.05) is 13.0 Å². The average Bonchev–Trinajstić information content (AvgIpc) is 2.49. The predicted molar refractivity (Wildman–Crippen MR) is 56.1 cm³/mol. The summed E-state index contributed by atoms with van der Waals surface area (Å²) in [6.07, 6.45) is 2.29. The summed E-state index contributed by atoms with van der Waals surface area (Å²) in [4.78, 5) is 22.9. The Hall–Kier alpha value is -0.900. The van der Waals surface area contributed by atoms with Gasteiger partial charge in [0.05, 0.1) is 12.0 Å². The topological polar surface area (TPSA) is 55.4 Å². The van der Waals surface area contributed by atoms with E-state index in [0.717, 1.165) is 6.42 Å². The van der Waals surface area contributed by atoms with Gasteiger partial charge in [0.2, 0.25) is 11.8 Å². The first-order valence-electron chi connectivity index (χ1n) is 5.51. The van der Waals surface area contributed by atoms with E-state index in [-0.39, 0.29) is 29.8 Å². The van der Waals surface area contributed by atoms with Crippen molar-refractivity contribution in [2.45, 2.75) is 39.2 Å². The molecule has 1 saturated heterocycles. The molecule has 1 rings (SSSR count). The maximum absolute atomic E-state index is 11.5. The fourth-order valence-electron chi connectivity index (χ4n) is 2.13. The number of carbonyl (C=O) groups excluding carboxylic acids is 2. The molecule has 3 atom stereocenters. The predicted octanol–water partition coefficient (Wildman–Crippen LogP) is 1.10. The summed E-state index contributed by atoms with van der Waals surface area (Å²) < 4.78 is 5.25. The normalized spacial score (nSPS) is 27.9. The molecule has 1 heterocycles. The van der Waals surface area contributed by atoms with E-state index >= 15 is 0 Å². The number of methoxy groups -OCH3 is 1. The zero-order valence-corrected chi connectivity index (χ0v) is 9.58. The second-order valence-electron chi connectivity index (χ2n) is 3.98. The van der Waals surface area contributed by atoms with E-state index in [4.69, 9.17) is 4.74 Å². The summed E-state index contributed by atoms with van der Waals surface area (Å²) >= 11 is 0. The monoisotopic (exact) mass is 213 g/mol. The third-order valence-electron chi connectivity index (χ3n) is 3.15. The van der Waals surface area contributed by atoms with E-state index in [9.17, 15) is 9.59 Å². The molecule has 1 N–H and O–H groups in total. The molecule has 0 aromatic heterocycles. The Kier molecular flexibility index (Phi) is 4.27. The quantitative estimate of drug-likeness (QED) is 0.696. The Morgan fingerprint density at radius 1 is 1.27 bits per heavy atom. The van der Waals surface area contributed by atoms with Crippen molar-refractivity contribution in [1.29, 1.82) is 0 Å². The van der Waals surface area contributed by atoms with Crippen LogP contribution in [-0.2, 0) is 14.3 Å². The van der Waals surface area contributed by atoms with Crippen molar-refractivity contribution in [3.05, 3.63) is 0 Å². The third kappa shape index (κ3) is 2.56. The zero-order chi connectivity index (χ0) is 11.4. The first kappa shape index (κ1) is 12.2. The van der Waals surface area contributed by atoms with Crippen LogP contribution in [0.1, 0.15) is 33.1 Å². The van der Waals surface area contributed by atoms with E-state index in [0.29, 0.717) is 12.8 Å². The second-order valence-corrected chi connectivity index (χ2v) is 3.98. The molecule has 0 spiro atoms. The van der Waals surface area contributed by atoms with Crippen molar-refractivity contribution < 1.29 is 14.3 Å². The number of hydrogen-bond acceptors (Lipinski definition) is 3. The number of ether oxygens (including phenoxy) is 1. The second kappa shape index (κ2) is 5.26. The molecule has 0 aromatic rings. The molecule has 4 nitrogen and oxygen atoms in total. The molecule has 1 fully saturated rings. The van der Waals surface area contributed by atoms with E-state index < -0.39 is 0 Å². The molecule has 15 heavy (non-hydrogen) atoms. The van der Waals surface area contributed by atoms with Gasteiger partial charge in [-0.05, 0) is 19.3 Å². The van der Waals surface area contributed by atoms with E-state index in [2.05, 4.69) is 5.32 Å². The molecule has 0 radical (unpaired) electrons. The lowest BCUT2D eigenvalue weighted by Gasteiger charge is -2.19. The summed E-state index contributed by atoms with van der Waals surface area (Å²) in [7, 11) is 1.64. The van der Waals surface area contributed by atoms with Gasteiger partial charge in [-0.15, -0.1) is 0 Å². The summed E-state index contributed by atoms with van der Waals surface area (Å²) in [5.41, 5.74) is 0. The summed E-state index contributed by atoms with van der Waals surface area (Å²) in [5, 5.41) is 2.39. The van der Waals surface area contributed by atoms with Crippen LogP contribution in [0.3, 0.4) is 0 Å². The minimum atomic E-state index is -0.201. The highest BCUT2D eigenvalue weighted by Gasteiger charge is 2.40. The fourth-order valence-corrected chi connectivity index (χ4v) is 2.13. The minimum Gasteiger partial charge on any atom is -0.381 e. The van der Waals surface area contributed by atoms with Gasteiger partial charge >= 0.3 is 0 Å². The third-order valence-corrected chi connectivity index (χ3v) is 3.15. The smallest absolute Gasteiger partial charge is 0.230 e. The van der Waals surface area contributed by atoms with E-state index in [1.807, 2.05) is 13.8 Å². The lowest BCUT2D eigenvalue weighted by molar-refractivity contribution is -0.126. The highest BCUT2D eigenvalue weighted by molar-refractivity contribution is 6.04. The number of hydrogen-bond donors (Lipinski definition) is 1. The van der Waals surface area contributed by atoms with Gasteiger partial charge in [0.1, 0.15) is 0 Å². The number of carbonyl (C=O) groups is 2. The highest BCUT2D eigenvalue weighted by atomic mass is 16.5. The number of imide groups is 1. The first-order chi connectivity index (χ1) is 7.13. The van der Waals surface area contributed by atoms with Crippen molar-refractivity contribution in [3.63, 3.8) is 0 Å². The molecule has 0 saturated carbocycles. The summed E-state index contributed by atoms with van der Waals surface area (Å²) in [5.74, 6) is -0.630. The van der Waals surface area contributed by atoms with Crippen LogP contribution < -0.4 is 5.32 Å². The zero-order valence-electron chi connectivity index (χ0n) is 9.58. The Bertz CT molecular complexity index is 248. The molecule has 2 amide bonds. The Morgan fingerprint density at radius 3 is 2.33 bits per heavy atom. The Labute approximate surface area is 90.4 Å². The summed E-state index contributed by atoms with van der Waals surface area (Å²) in [6.45, 7) is 3.95. The van der Waals surface area contributed by atoms with Gasteiger partial charge < -0.3 is 4.74 Å². The van der Waals surface area contributed by atoms with Crippen molar-refractivity contribution >= 4 is 11.8 Å². The minimum absolute atomic E-state index is 0.0701. The van der Waals surface area contributed by atoms with Gasteiger partial charge in [0.25, 0.3) is 0 Å². The van der Waals surface area contributed by atoms with Gasteiger partial charge in [0.15, 0.2) is 0 Å². The van der Waals surface area contributed by atoms with Crippen LogP contribution >= 0.6 is 0 Å². The summed E-state index contributed by atoms with van der Waals surface area (Å²) in [6, 6.07) is 0. The lowest BCUT2D eigenvalue weighted by Crippen LogP contribution is -2.25. The van der Waals surface area contributed by atoms with Gasteiger partial charge in [-0.2, -0.15) is 0 Å². The average molecular weight is 213 g/mol. The van der Waals surface area contributed by atoms with Crippen LogP contribution in [0, 0.1) is 11.8 Å². The Balaban J connectivity index is 2.66. The van der Waals surface area contributed by atoms with Crippen LogP contribution in [0.25, 0.3) is 0 Å². The number of nitrogens with one attached hydrogen (secondary N) is 1. The van der Waals surface area contributed by atoms with Crippen molar-refractivity contribution in [2.24, 2.45) is 11.8 Å². The van der Waals surface area contributed by atoms with Gasteiger partial charge in [-0.25, -0.2) is 0 Å². The van der Waals surface area contributed by atoms with Crippen LogP contribution in [0.15, 0.2) is 0 Å². The van der Waals surface area contributed by atoms with Crippen LogP contribution in [0.4, 0.5) is 0 Å². The standard InChI is InChI=1S/C11H19NO3/c1-4-7(15-3)6-9-8(5-2)10(13)12-11(9)14/h7-9H,4-6H2,1-3H3,(H,12,13,14). The largest absolute Gasteiger partial charge is 0.381 e. The van der Waals surface area contributed by atoms with E-state index in [1.54, 1.807) is 7.11 Å². The molecule has 4 heteroatoms. The van der Waals surface area contributed by atoms with Crippen LogP contribution in [-0.4, -0.2) is 25.0 Å². The highest BCUT2D eigenvalue weighted by Crippen LogP contribution is 2.27. The maximum Gasteiger partial charge on any atom is 0.230 e. The van der Waals surface area contributed by atoms with Crippen molar-refractivity contribution in [1.82, 2.24) is 5.32 Å². The van der Waals surface area contributed by atoms with Crippen molar-refractivity contribution in [3.8, 4) is 0 Å². The maximum atomic E-state index is 11.5. The SMILES string of the molecule is CCC(CC1C(=O)NC(=O)C1CC)OC. The van der Waals surface area contributed by atoms with E-state index in [1.165, 1.54) is 0 Å². The molecule has 3 unspecified atom stereocenters. The number of amides is 2. The molecule has 86 valence electrons. The molecular formula is C11H19NO3. The van der Waals surface area contributed by atoms with Crippen LogP contribution in [0.2, 0.25) is 0 Å². The molecule has 0 aliphatic carbocycles. The van der Waals surface area contributed by atoms with Crippen molar-refractivity contribution in [2.75, 3.05) is 7.11 Å². The first-order valence-corrected chi connectivity index (χ1v) is 5.51. The lowest BCUT2D eigenvalue weighted by atomic mass is 9.87. The molecule has 1 aliphatic rings. The van der Waals surface area contributed by atoms with Gasteiger partial charge in [-0.1, -0.05) is 13.8 Å². The molecule has 1 aliphatic heterocycles. The fraction of sp³-hybridized carbons (Fsp3) is 0.818. The molecule has 0 bridgehead atoms.